The highest BCUT2D eigenvalue weighted by Crippen LogP contribution is 2.49. The van der Waals surface area contributed by atoms with Crippen molar-refractivity contribution in [1.82, 2.24) is 14.9 Å². The maximum atomic E-state index is 5.03. The minimum atomic E-state index is -0.607. The smallest absolute Gasteiger partial charge is 0.124 e. The summed E-state index contributed by atoms with van der Waals surface area (Å²) >= 11 is 0. The van der Waals surface area contributed by atoms with Gasteiger partial charge in [0.05, 0.1) is 17.6 Å². The van der Waals surface area contributed by atoms with Gasteiger partial charge in [-0.2, -0.15) is 0 Å². The second-order valence-electron chi connectivity index (χ2n) is 9.77. The Morgan fingerprint density at radius 2 is 1.39 bits per heavy atom. The van der Waals surface area contributed by atoms with E-state index in [4.69, 9.17) is 4.98 Å². The Bertz CT molecular complexity index is 1520. The maximum Gasteiger partial charge on any atom is 0.124 e. The zero-order valence-corrected chi connectivity index (χ0v) is 22.5. The fraction of sp³-hybridized carbons (Fsp3) is 0.147. The van der Waals surface area contributed by atoms with Gasteiger partial charge < -0.3 is 9.88 Å². The van der Waals surface area contributed by atoms with Crippen LogP contribution in [0.1, 0.15) is 18.3 Å². The highest BCUT2D eigenvalue weighted by Gasteiger charge is 2.29. The van der Waals surface area contributed by atoms with E-state index < -0.39 is 7.92 Å². The van der Waals surface area contributed by atoms with Crippen molar-refractivity contribution in [2.24, 2.45) is 5.92 Å². The number of hydrogen-bond acceptors (Lipinski definition) is 2. The second-order valence-corrected chi connectivity index (χ2v) is 12.0. The minimum Gasteiger partial charge on any atom is -0.322 e. The average Bonchev–Trinajstić information content (AvgIpc) is 3.59. The van der Waals surface area contributed by atoms with Crippen LogP contribution in [0.2, 0.25) is 0 Å². The lowest BCUT2D eigenvalue weighted by Crippen LogP contribution is -2.34. The largest absolute Gasteiger partial charge is 0.322 e. The molecule has 0 bridgehead atoms. The van der Waals surface area contributed by atoms with Gasteiger partial charge >= 0.3 is 0 Å². The van der Waals surface area contributed by atoms with Gasteiger partial charge in [0, 0.05) is 18.5 Å². The van der Waals surface area contributed by atoms with Gasteiger partial charge in [0.15, 0.2) is 0 Å². The van der Waals surface area contributed by atoms with Crippen LogP contribution in [0, 0.1) is 5.92 Å². The van der Waals surface area contributed by atoms with Crippen LogP contribution in [0.25, 0.3) is 11.0 Å². The van der Waals surface area contributed by atoms with Gasteiger partial charge in [-0.05, 0) is 48.5 Å². The predicted octanol–water partition coefficient (Wildman–Crippen LogP) is 6.77. The molecule has 188 valence electrons. The number of hydrogen-bond donors (Lipinski definition) is 1. The van der Waals surface area contributed by atoms with Crippen molar-refractivity contribution >= 4 is 29.6 Å². The molecule has 5 aromatic rings. The molecule has 3 nitrogen and oxygen atoms in total. The monoisotopic (exact) mass is 513 g/mol. The maximum absolute atomic E-state index is 5.03. The molecule has 4 aromatic carbocycles. The van der Waals surface area contributed by atoms with E-state index in [1.807, 2.05) is 0 Å². The molecule has 0 saturated carbocycles. The van der Waals surface area contributed by atoms with Gasteiger partial charge in [-0.15, -0.1) is 0 Å². The molecule has 1 heterocycles. The van der Waals surface area contributed by atoms with Gasteiger partial charge in [-0.1, -0.05) is 121 Å². The van der Waals surface area contributed by atoms with Crippen LogP contribution in [0.5, 0.6) is 0 Å². The first-order valence-electron chi connectivity index (χ1n) is 13.3. The van der Waals surface area contributed by atoms with E-state index in [-0.39, 0.29) is 6.04 Å². The van der Waals surface area contributed by atoms with Gasteiger partial charge in [0.1, 0.15) is 5.82 Å². The number of benzene rings is 4. The fourth-order valence-corrected chi connectivity index (χ4v) is 7.99. The number of nitrogens with one attached hydrogen (secondary N) is 1. The molecule has 1 aliphatic carbocycles. The molecule has 0 saturated heterocycles. The van der Waals surface area contributed by atoms with Crippen LogP contribution in [0.15, 0.2) is 139 Å². The molecule has 1 aliphatic rings. The Balaban J connectivity index is 1.25. The molecule has 0 spiro atoms. The zero-order valence-electron chi connectivity index (χ0n) is 21.6. The number of allylic oxidation sites excluding steroid dienone is 2. The van der Waals surface area contributed by atoms with Crippen molar-refractivity contribution in [2.75, 3.05) is 0 Å². The Morgan fingerprint density at radius 3 is 2.08 bits per heavy atom. The lowest BCUT2D eigenvalue weighted by Gasteiger charge is -2.29. The van der Waals surface area contributed by atoms with E-state index in [2.05, 4.69) is 150 Å². The topological polar surface area (TPSA) is 29.9 Å². The van der Waals surface area contributed by atoms with E-state index in [9.17, 15) is 0 Å². The lowest BCUT2D eigenvalue weighted by molar-refractivity contribution is 0.473. The summed E-state index contributed by atoms with van der Waals surface area (Å²) in [5.74, 6) is 1.40. The number of fused-ring (bicyclic) bond motifs is 1. The van der Waals surface area contributed by atoms with Crippen molar-refractivity contribution in [2.45, 2.75) is 26.1 Å². The molecule has 1 unspecified atom stereocenters. The molecule has 6 rings (SSSR count). The molecular formula is C34H32N3P. The van der Waals surface area contributed by atoms with Crippen LogP contribution in [-0.4, -0.2) is 15.6 Å². The molecular weight excluding hydrogens is 481 g/mol. The average molecular weight is 514 g/mol. The predicted molar refractivity (Wildman–Crippen MR) is 161 cm³/mol. The lowest BCUT2D eigenvalue weighted by atomic mass is 10.0. The first kappa shape index (κ1) is 24.6. The highest BCUT2D eigenvalue weighted by molar-refractivity contribution is 7.76. The van der Waals surface area contributed by atoms with Crippen molar-refractivity contribution in [1.29, 1.82) is 0 Å². The number of nitrogens with zero attached hydrogens (tertiary/aromatic N) is 2. The summed E-state index contributed by atoms with van der Waals surface area (Å²) in [6.45, 7) is 3.84. The van der Waals surface area contributed by atoms with Crippen LogP contribution in [0.4, 0.5) is 0 Å². The number of para-hydroxylation sites is 2. The van der Waals surface area contributed by atoms with E-state index in [1.54, 1.807) is 0 Å². The van der Waals surface area contributed by atoms with Crippen molar-refractivity contribution < 1.29 is 0 Å². The third kappa shape index (κ3) is 5.13. The van der Waals surface area contributed by atoms with E-state index in [0.29, 0.717) is 5.92 Å². The molecule has 0 amide bonds. The molecule has 38 heavy (non-hydrogen) atoms. The van der Waals surface area contributed by atoms with Crippen molar-refractivity contribution in [3.05, 3.63) is 150 Å². The Kier molecular flexibility index (Phi) is 7.31. The number of rotatable bonds is 9. The summed E-state index contributed by atoms with van der Waals surface area (Å²) in [5, 5.41) is 8.13. The minimum absolute atomic E-state index is 0.266. The van der Waals surface area contributed by atoms with Gasteiger partial charge in [0.25, 0.3) is 0 Å². The van der Waals surface area contributed by atoms with Crippen LogP contribution in [0.3, 0.4) is 0 Å². The third-order valence-corrected chi connectivity index (χ3v) is 9.84. The van der Waals surface area contributed by atoms with E-state index >= 15 is 0 Å². The summed E-state index contributed by atoms with van der Waals surface area (Å²) in [7, 11) is -0.607. The van der Waals surface area contributed by atoms with Gasteiger partial charge in [-0.25, -0.2) is 4.98 Å². The van der Waals surface area contributed by atoms with Crippen LogP contribution in [-0.2, 0) is 13.1 Å². The molecule has 1 N–H and O–H groups in total. The third-order valence-electron chi connectivity index (χ3n) is 7.25. The number of aromatic nitrogens is 2. The fourth-order valence-electron chi connectivity index (χ4n) is 5.31. The summed E-state index contributed by atoms with van der Waals surface area (Å²) in [6.07, 6.45) is 6.95. The molecule has 0 radical (unpaired) electrons. The van der Waals surface area contributed by atoms with Crippen LogP contribution >= 0.6 is 7.92 Å². The Labute approximate surface area is 226 Å². The Hall–Kier alpha value is -3.78. The van der Waals surface area contributed by atoms with Crippen LogP contribution < -0.4 is 15.9 Å². The first-order valence-corrected chi connectivity index (χ1v) is 14.6. The van der Waals surface area contributed by atoms with Crippen molar-refractivity contribution in [3.8, 4) is 0 Å². The summed E-state index contributed by atoms with van der Waals surface area (Å²) in [4.78, 5) is 5.03. The second kappa shape index (κ2) is 11.3. The normalized spacial score (nSPS) is 15.7. The molecule has 0 fully saturated rings. The molecule has 4 heteroatoms. The number of imidazole rings is 1. The Morgan fingerprint density at radius 1 is 0.789 bits per heavy atom. The van der Waals surface area contributed by atoms with E-state index in [0.717, 1.165) is 24.4 Å². The zero-order chi connectivity index (χ0) is 25.7. The highest BCUT2D eigenvalue weighted by atomic mass is 31.1. The summed E-state index contributed by atoms with van der Waals surface area (Å²) in [6, 6.07) is 41.3. The summed E-state index contributed by atoms with van der Waals surface area (Å²) < 4.78 is 2.35. The molecule has 1 aromatic heterocycles. The summed E-state index contributed by atoms with van der Waals surface area (Å²) in [5.41, 5.74) is 3.51. The van der Waals surface area contributed by atoms with Gasteiger partial charge in [0.2, 0.25) is 0 Å². The quantitative estimate of drug-likeness (QED) is 0.221. The standard InChI is InChI=1S/C34H32N3P/c1-26(30-20-13-23-33(30)38(28-16-7-3-8-17-28)29-18-9-4-10-19-29)35-24-34-36-31-21-11-12-22-32(31)37(34)25-27-14-5-2-6-15-27/h2-23,26,30,35H,24-25H2,1H3/t26-,30?/m0/s1. The van der Waals surface area contributed by atoms with E-state index in [1.165, 1.54) is 27.0 Å². The first-order chi connectivity index (χ1) is 18.8. The van der Waals surface area contributed by atoms with Gasteiger partial charge in [-0.3, -0.25) is 0 Å². The van der Waals surface area contributed by atoms with Crippen molar-refractivity contribution in [3.63, 3.8) is 0 Å². The molecule has 0 aliphatic heterocycles. The molecule has 2 atom stereocenters. The SMILES string of the molecule is C[C@H](NCc1nc2ccccc2n1Cc1ccccc1)C1C=CC=C1P(c1ccccc1)c1ccccc1.